The first-order valence-electron chi connectivity index (χ1n) is 19.6. The number of hydrogen-bond donors (Lipinski definition) is 3. The molecule has 5 rings (SSSR count). The Morgan fingerprint density at radius 2 is 1.40 bits per heavy atom. The lowest BCUT2D eigenvalue weighted by Gasteiger charge is -2.43. The molecule has 1 aromatic rings. The maximum atomic E-state index is 14.7. The van der Waals surface area contributed by atoms with Crippen molar-refractivity contribution in [1.82, 2.24) is 20.9 Å². The SMILES string of the molecule is CC(C)(C)OC(=O)N[C@@H](C(=O)N1CCC[C@H]1C(=O)NCC1CCC(NC(=O)OCc2ccccc2)CC1)C(C1CCCCC1)C1CCCCC1. The van der Waals surface area contributed by atoms with E-state index in [2.05, 4.69) is 16.0 Å². The smallest absolute Gasteiger partial charge is 0.408 e. The van der Waals surface area contributed by atoms with E-state index in [9.17, 15) is 19.2 Å². The number of nitrogens with one attached hydrogen (secondary N) is 3. The number of nitrogens with zero attached hydrogens (tertiary/aromatic N) is 1. The highest BCUT2D eigenvalue weighted by molar-refractivity contribution is 5.92. The van der Waals surface area contributed by atoms with Crippen molar-refractivity contribution in [2.75, 3.05) is 13.1 Å². The van der Waals surface area contributed by atoms with Gasteiger partial charge in [0.05, 0.1) is 0 Å². The van der Waals surface area contributed by atoms with Gasteiger partial charge in [-0.05, 0) is 88.5 Å². The Hall–Kier alpha value is -3.30. The maximum absolute atomic E-state index is 14.7. The Labute approximate surface area is 299 Å². The summed E-state index contributed by atoms with van der Waals surface area (Å²) < 4.78 is 11.1. The lowest BCUT2D eigenvalue weighted by Crippen LogP contribution is -2.59. The average Bonchev–Trinajstić information content (AvgIpc) is 3.61. The van der Waals surface area contributed by atoms with E-state index in [1.807, 2.05) is 51.1 Å². The van der Waals surface area contributed by atoms with Gasteiger partial charge in [0.15, 0.2) is 0 Å². The number of rotatable bonds is 11. The van der Waals surface area contributed by atoms with Gasteiger partial charge < -0.3 is 30.3 Å². The zero-order valence-electron chi connectivity index (χ0n) is 30.8. The largest absolute Gasteiger partial charge is 0.445 e. The number of ether oxygens (including phenoxy) is 2. The third kappa shape index (κ3) is 11.1. The number of carbonyl (C=O) groups excluding carboxylic acids is 4. The molecule has 1 saturated heterocycles. The van der Waals surface area contributed by atoms with E-state index in [0.29, 0.717) is 37.3 Å². The second kappa shape index (κ2) is 18.3. The van der Waals surface area contributed by atoms with E-state index in [1.165, 1.54) is 12.8 Å². The molecule has 10 heteroatoms. The van der Waals surface area contributed by atoms with Gasteiger partial charge in [-0.15, -0.1) is 0 Å². The molecule has 1 aliphatic heterocycles. The Balaban J connectivity index is 1.17. The van der Waals surface area contributed by atoms with Crippen molar-refractivity contribution in [3.8, 4) is 0 Å². The monoisotopic (exact) mass is 694 g/mol. The fourth-order valence-electron chi connectivity index (χ4n) is 9.01. The van der Waals surface area contributed by atoms with E-state index >= 15 is 0 Å². The third-order valence-corrected chi connectivity index (χ3v) is 11.5. The number of likely N-dealkylation sites (tertiary alicyclic amines) is 1. The molecule has 2 atom stereocenters. The zero-order chi connectivity index (χ0) is 35.5. The van der Waals surface area contributed by atoms with Crippen molar-refractivity contribution < 1.29 is 28.7 Å². The molecule has 3 saturated carbocycles. The molecule has 3 N–H and O–H groups in total. The summed E-state index contributed by atoms with van der Waals surface area (Å²) in [7, 11) is 0. The van der Waals surface area contributed by atoms with Crippen LogP contribution in [0, 0.1) is 23.7 Å². The van der Waals surface area contributed by atoms with Gasteiger partial charge in [-0.1, -0.05) is 94.5 Å². The Kier molecular flexibility index (Phi) is 13.9. The van der Waals surface area contributed by atoms with E-state index in [-0.39, 0.29) is 30.4 Å². The summed E-state index contributed by atoms with van der Waals surface area (Å²) in [5, 5.41) is 9.28. The van der Waals surface area contributed by atoms with Gasteiger partial charge >= 0.3 is 12.2 Å². The summed E-state index contributed by atoms with van der Waals surface area (Å²) in [4.78, 5) is 55.8. The molecular weight excluding hydrogens is 632 g/mol. The Morgan fingerprint density at radius 1 is 0.780 bits per heavy atom. The van der Waals surface area contributed by atoms with Crippen molar-refractivity contribution in [2.24, 2.45) is 23.7 Å². The molecule has 50 heavy (non-hydrogen) atoms. The number of hydrogen-bond acceptors (Lipinski definition) is 6. The van der Waals surface area contributed by atoms with Gasteiger partial charge in [0.25, 0.3) is 0 Å². The standard InChI is InChI=1S/C40H62N4O6/c1-40(2,3)50-39(48)43-35(34(30-16-9-5-10-17-30)31-18-11-6-12-19-31)37(46)44-25-13-20-33(44)36(45)41-26-28-21-23-32(24-22-28)42-38(47)49-27-29-14-7-4-8-15-29/h4,7-8,14-15,28,30-35H,5-6,9-13,16-27H2,1-3H3,(H,41,45)(H,42,47)(H,43,48)/t28?,32?,33-,35+/m0/s1. The molecule has 4 aliphatic rings. The molecule has 4 fully saturated rings. The molecule has 1 aromatic carbocycles. The van der Waals surface area contributed by atoms with Gasteiger partial charge in [0.1, 0.15) is 24.3 Å². The predicted octanol–water partition coefficient (Wildman–Crippen LogP) is 7.25. The normalized spacial score (nSPS) is 24.3. The van der Waals surface area contributed by atoms with Gasteiger partial charge in [0, 0.05) is 19.1 Å². The molecule has 0 aromatic heterocycles. The maximum Gasteiger partial charge on any atom is 0.408 e. The molecule has 3 aliphatic carbocycles. The average molecular weight is 695 g/mol. The van der Waals surface area contributed by atoms with Crippen LogP contribution in [0.1, 0.15) is 129 Å². The van der Waals surface area contributed by atoms with Crippen molar-refractivity contribution in [3.63, 3.8) is 0 Å². The summed E-state index contributed by atoms with van der Waals surface area (Å²) in [5.74, 6) is 0.872. The highest BCUT2D eigenvalue weighted by atomic mass is 16.6. The van der Waals surface area contributed by atoms with Crippen LogP contribution in [0.3, 0.4) is 0 Å². The minimum atomic E-state index is -0.702. The molecule has 0 bridgehead atoms. The number of amides is 4. The van der Waals surface area contributed by atoms with Crippen LogP contribution in [0.25, 0.3) is 0 Å². The number of alkyl carbamates (subject to hydrolysis) is 2. The van der Waals surface area contributed by atoms with E-state index < -0.39 is 29.9 Å². The number of carbonyl (C=O) groups is 4. The van der Waals surface area contributed by atoms with Crippen LogP contribution >= 0.6 is 0 Å². The summed E-state index contributed by atoms with van der Waals surface area (Å²) in [6.07, 6.45) is 15.3. The minimum absolute atomic E-state index is 0.0411. The van der Waals surface area contributed by atoms with Crippen LogP contribution < -0.4 is 16.0 Å². The van der Waals surface area contributed by atoms with E-state index in [0.717, 1.165) is 89.0 Å². The summed E-state index contributed by atoms with van der Waals surface area (Å²) in [6, 6.07) is 8.45. The van der Waals surface area contributed by atoms with Gasteiger partial charge in [-0.3, -0.25) is 9.59 Å². The molecule has 4 amide bonds. The Morgan fingerprint density at radius 3 is 2.00 bits per heavy atom. The van der Waals surface area contributed by atoms with Gasteiger partial charge in [0.2, 0.25) is 11.8 Å². The molecule has 278 valence electrons. The quantitative estimate of drug-likeness (QED) is 0.224. The highest BCUT2D eigenvalue weighted by Crippen LogP contribution is 2.42. The molecule has 0 unspecified atom stereocenters. The number of benzene rings is 1. The second-order valence-electron chi connectivity index (χ2n) is 16.4. The van der Waals surface area contributed by atoms with Crippen molar-refractivity contribution in [1.29, 1.82) is 0 Å². The lowest BCUT2D eigenvalue weighted by atomic mass is 9.66. The predicted molar refractivity (Wildman–Crippen MR) is 193 cm³/mol. The van der Waals surface area contributed by atoms with Crippen LogP contribution in [0.2, 0.25) is 0 Å². The van der Waals surface area contributed by atoms with Gasteiger partial charge in [-0.2, -0.15) is 0 Å². The summed E-state index contributed by atoms with van der Waals surface area (Å²) >= 11 is 0. The zero-order valence-corrected chi connectivity index (χ0v) is 30.8. The topological polar surface area (TPSA) is 126 Å². The van der Waals surface area contributed by atoms with Crippen LogP contribution in [0.5, 0.6) is 0 Å². The van der Waals surface area contributed by atoms with Crippen molar-refractivity contribution >= 4 is 24.0 Å². The van der Waals surface area contributed by atoms with Crippen molar-refractivity contribution in [2.45, 2.75) is 154 Å². The van der Waals surface area contributed by atoms with Crippen LogP contribution in [-0.2, 0) is 25.7 Å². The second-order valence-corrected chi connectivity index (χ2v) is 16.4. The van der Waals surface area contributed by atoms with Crippen LogP contribution in [-0.4, -0.2) is 65.7 Å². The van der Waals surface area contributed by atoms with Crippen molar-refractivity contribution in [3.05, 3.63) is 35.9 Å². The first kappa shape index (κ1) is 37.9. The first-order valence-corrected chi connectivity index (χ1v) is 19.6. The lowest BCUT2D eigenvalue weighted by molar-refractivity contribution is -0.142. The molecule has 0 radical (unpaired) electrons. The van der Waals surface area contributed by atoms with Crippen LogP contribution in [0.15, 0.2) is 30.3 Å². The van der Waals surface area contributed by atoms with E-state index in [1.54, 1.807) is 4.90 Å². The highest BCUT2D eigenvalue weighted by Gasteiger charge is 2.46. The van der Waals surface area contributed by atoms with Crippen LogP contribution in [0.4, 0.5) is 9.59 Å². The fourth-order valence-corrected chi connectivity index (χ4v) is 9.01. The molecule has 1 heterocycles. The minimum Gasteiger partial charge on any atom is -0.445 e. The first-order chi connectivity index (χ1) is 24.1. The fraction of sp³-hybridized carbons (Fsp3) is 0.750. The summed E-state index contributed by atoms with van der Waals surface area (Å²) in [5.41, 5.74) is 0.271. The molecular formula is C40H62N4O6. The van der Waals surface area contributed by atoms with Gasteiger partial charge in [-0.25, -0.2) is 9.59 Å². The molecule has 10 nitrogen and oxygen atoms in total. The van der Waals surface area contributed by atoms with E-state index in [4.69, 9.17) is 9.47 Å². The molecule has 0 spiro atoms. The third-order valence-electron chi connectivity index (χ3n) is 11.5. The summed E-state index contributed by atoms with van der Waals surface area (Å²) in [6.45, 7) is 6.84. The Bertz CT molecular complexity index is 1230.